The first-order valence-corrected chi connectivity index (χ1v) is 10.0. The van der Waals surface area contributed by atoms with E-state index in [1.165, 1.54) is 0 Å². The van der Waals surface area contributed by atoms with Crippen LogP contribution in [0.25, 0.3) is 11.0 Å². The van der Waals surface area contributed by atoms with Gasteiger partial charge >= 0.3 is 0 Å². The normalized spacial score (nSPS) is 21.1. The highest BCUT2D eigenvalue weighted by molar-refractivity contribution is 5.95. The van der Waals surface area contributed by atoms with Crippen molar-refractivity contribution in [3.05, 3.63) is 53.9 Å². The third-order valence-electron chi connectivity index (χ3n) is 5.73. The molecule has 1 fully saturated rings. The number of hydrogen-bond acceptors (Lipinski definition) is 5. The van der Waals surface area contributed by atoms with Gasteiger partial charge in [0.15, 0.2) is 11.5 Å². The van der Waals surface area contributed by atoms with E-state index < -0.39 is 0 Å². The first-order chi connectivity index (χ1) is 14.2. The fourth-order valence-corrected chi connectivity index (χ4v) is 4.12. The lowest BCUT2D eigenvalue weighted by atomic mass is 9.96. The number of carbonyl (C=O) groups excluding carboxylic acids is 1. The van der Waals surface area contributed by atoms with Crippen LogP contribution < -0.4 is 14.8 Å². The molecule has 0 bridgehead atoms. The lowest BCUT2D eigenvalue weighted by Crippen LogP contribution is -2.45. The van der Waals surface area contributed by atoms with E-state index in [0.29, 0.717) is 30.3 Å². The van der Waals surface area contributed by atoms with Gasteiger partial charge in [-0.05, 0) is 50.2 Å². The molecule has 0 spiro atoms. The Kier molecular flexibility index (Phi) is 5.83. The number of carbonyl (C=O) groups is 1. The maximum atomic E-state index is 12.8. The van der Waals surface area contributed by atoms with E-state index in [4.69, 9.17) is 14.5 Å². The number of piperidine rings is 1. The van der Waals surface area contributed by atoms with Crippen LogP contribution in [0.1, 0.15) is 35.1 Å². The quantitative estimate of drug-likeness (QED) is 0.669. The third kappa shape index (κ3) is 3.95. The number of H-pyrrole nitrogens is 1. The first-order valence-electron chi connectivity index (χ1n) is 10.0. The Labute approximate surface area is 181 Å². The minimum Gasteiger partial charge on any atom is -0.486 e. The van der Waals surface area contributed by atoms with Crippen molar-refractivity contribution in [2.24, 2.45) is 0 Å². The van der Waals surface area contributed by atoms with E-state index >= 15 is 0 Å². The van der Waals surface area contributed by atoms with Crippen molar-refractivity contribution in [1.82, 2.24) is 20.2 Å². The highest BCUT2D eigenvalue weighted by Gasteiger charge is 2.30. The number of nitrogens with zero attached hydrogens (tertiary/aromatic N) is 2. The van der Waals surface area contributed by atoms with Gasteiger partial charge in [0.2, 0.25) is 0 Å². The molecular weight excluding hydrogens is 404 g/mol. The second-order valence-electron chi connectivity index (χ2n) is 7.69. The summed E-state index contributed by atoms with van der Waals surface area (Å²) in [4.78, 5) is 23.3. The van der Waals surface area contributed by atoms with E-state index in [2.05, 4.69) is 22.2 Å². The van der Waals surface area contributed by atoms with Gasteiger partial charge in [-0.3, -0.25) is 9.69 Å². The number of hydrogen-bond donors (Lipinski definition) is 2. The summed E-state index contributed by atoms with van der Waals surface area (Å²) in [5.74, 6) is 2.19. The molecule has 158 valence electrons. The Morgan fingerprint density at radius 1 is 1.17 bits per heavy atom. The van der Waals surface area contributed by atoms with Crippen molar-refractivity contribution in [1.29, 1.82) is 0 Å². The number of likely N-dealkylation sites (tertiary alicyclic amines) is 1. The van der Waals surface area contributed by atoms with Crippen LogP contribution in [0.5, 0.6) is 11.5 Å². The van der Waals surface area contributed by atoms with Gasteiger partial charge in [0.05, 0.1) is 17.1 Å². The van der Waals surface area contributed by atoms with E-state index in [9.17, 15) is 4.79 Å². The number of nitrogens with one attached hydrogen (secondary N) is 2. The molecule has 2 atom stereocenters. The Morgan fingerprint density at radius 2 is 1.97 bits per heavy atom. The number of halogens is 1. The number of rotatable bonds is 3. The average Bonchev–Trinajstić information content (AvgIpc) is 3.18. The van der Waals surface area contributed by atoms with Crippen LogP contribution in [0.4, 0.5) is 0 Å². The Bertz CT molecular complexity index is 1020. The van der Waals surface area contributed by atoms with Crippen molar-refractivity contribution >= 4 is 29.3 Å². The molecule has 2 aromatic carbocycles. The Morgan fingerprint density at radius 3 is 2.80 bits per heavy atom. The largest absolute Gasteiger partial charge is 0.486 e. The summed E-state index contributed by atoms with van der Waals surface area (Å²) >= 11 is 0. The van der Waals surface area contributed by atoms with Crippen LogP contribution in [0.2, 0.25) is 0 Å². The van der Waals surface area contributed by atoms with Crippen LogP contribution in [0.15, 0.2) is 42.5 Å². The summed E-state index contributed by atoms with van der Waals surface area (Å²) in [5, 5.41) is 3.19. The van der Waals surface area contributed by atoms with Gasteiger partial charge in [0.1, 0.15) is 19.0 Å². The van der Waals surface area contributed by atoms with Gasteiger partial charge in [0.25, 0.3) is 5.91 Å². The monoisotopic (exact) mass is 428 g/mol. The van der Waals surface area contributed by atoms with Crippen LogP contribution >= 0.6 is 12.4 Å². The van der Waals surface area contributed by atoms with Crippen LogP contribution in [0, 0.1) is 0 Å². The fourth-order valence-electron chi connectivity index (χ4n) is 4.12. The number of aromatic nitrogens is 2. The summed E-state index contributed by atoms with van der Waals surface area (Å²) in [6, 6.07) is 13.6. The van der Waals surface area contributed by atoms with Crippen molar-refractivity contribution in [2.45, 2.75) is 24.9 Å². The molecule has 5 rings (SSSR count). The number of fused-ring (bicyclic) bond motifs is 2. The maximum absolute atomic E-state index is 12.8. The van der Waals surface area contributed by atoms with Gasteiger partial charge in [-0.1, -0.05) is 12.1 Å². The lowest BCUT2D eigenvalue weighted by molar-refractivity contribution is 0.0883. The summed E-state index contributed by atoms with van der Waals surface area (Å²) in [5.41, 5.74) is 2.60. The molecule has 0 radical (unpaired) electrons. The first kappa shape index (κ1) is 20.5. The van der Waals surface area contributed by atoms with E-state index in [-0.39, 0.29) is 30.4 Å². The molecule has 2 aliphatic heterocycles. The molecule has 3 aromatic rings. The molecule has 0 unspecified atom stereocenters. The predicted octanol–water partition coefficient (Wildman–Crippen LogP) is 3.32. The second kappa shape index (κ2) is 8.53. The second-order valence-corrected chi connectivity index (χ2v) is 7.69. The average molecular weight is 429 g/mol. The Balaban J connectivity index is 0.00000218. The Hall–Kier alpha value is -2.77. The van der Waals surface area contributed by atoms with Crippen molar-refractivity contribution < 1.29 is 14.3 Å². The molecule has 1 aromatic heterocycles. The van der Waals surface area contributed by atoms with Gasteiger partial charge in [-0.2, -0.15) is 0 Å². The smallest absolute Gasteiger partial charge is 0.251 e. The summed E-state index contributed by atoms with van der Waals surface area (Å²) in [6.45, 7) is 1.94. The fraction of sp³-hybridized carbons (Fsp3) is 0.364. The summed E-state index contributed by atoms with van der Waals surface area (Å²) in [7, 11) is 2.11. The van der Waals surface area contributed by atoms with Crippen molar-refractivity contribution in [2.75, 3.05) is 26.8 Å². The zero-order valence-corrected chi connectivity index (χ0v) is 17.6. The number of ether oxygens (including phenoxy) is 2. The van der Waals surface area contributed by atoms with Crippen LogP contribution in [0.3, 0.4) is 0 Å². The van der Waals surface area contributed by atoms with E-state index in [1.54, 1.807) is 18.2 Å². The molecule has 2 aliphatic rings. The molecule has 7 nitrogen and oxygen atoms in total. The van der Waals surface area contributed by atoms with Gasteiger partial charge in [-0.15, -0.1) is 12.4 Å². The number of amides is 1. The maximum Gasteiger partial charge on any atom is 0.251 e. The highest BCUT2D eigenvalue weighted by Crippen LogP contribution is 2.32. The summed E-state index contributed by atoms with van der Waals surface area (Å²) < 4.78 is 11.1. The van der Waals surface area contributed by atoms with Gasteiger partial charge in [0, 0.05) is 18.2 Å². The summed E-state index contributed by atoms with van der Waals surface area (Å²) in [6.07, 6.45) is 1.72. The third-order valence-corrected chi connectivity index (χ3v) is 5.73. The van der Waals surface area contributed by atoms with Crippen molar-refractivity contribution in [3.8, 4) is 11.5 Å². The lowest BCUT2D eigenvalue weighted by Gasteiger charge is -2.36. The molecule has 30 heavy (non-hydrogen) atoms. The SMILES string of the molecule is CN1CC[C@H](NC(=O)c2ccc3c(c2)OCCO3)C[C@@H]1c1nc2ccccc2[nH]1.Cl. The molecule has 0 saturated carbocycles. The molecule has 3 heterocycles. The molecular formula is C22H25ClN4O3. The zero-order chi connectivity index (χ0) is 19.8. The molecule has 1 amide bonds. The number of benzene rings is 2. The van der Waals surface area contributed by atoms with Gasteiger partial charge in [-0.25, -0.2) is 4.98 Å². The number of para-hydroxylation sites is 2. The van der Waals surface area contributed by atoms with Gasteiger partial charge < -0.3 is 19.8 Å². The minimum atomic E-state index is -0.0834. The number of imidazole rings is 1. The van der Waals surface area contributed by atoms with E-state index in [0.717, 1.165) is 36.2 Å². The predicted molar refractivity (Wildman–Crippen MR) is 117 cm³/mol. The van der Waals surface area contributed by atoms with E-state index in [1.807, 2.05) is 24.3 Å². The number of aromatic amines is 1. The van der Waals surface area contributed by atoms with Crippen LogP contribution in [-0.4, -0.2) is 53.6 Å². The molecule has 1 saturated heterocycles. The molecule has 0 aliphatic carbocycles. The standard InChI is InChI=1S/C22H24N4O3.ClH/c1-26-9-8-15(13-18(26)21-24-16-4-2-3-5-17(16)25-21)23-22(27)14-6-7-19-20(12-14)29-11-10-28-19;/h2-7,12,15,18H,8-11,13H2,1H3,(H,23,27)(H,24,25);1H/t15-,18+;/m0./s1. The topological polar surface area (TPSA) is 79.5 Å². The molecule has 2 N–H and O–H groups in total. The minimum absolute atomic E-state index is 0. The molecule has 8 heteroatoms. The highest BCUT2D eigenvalue weighted by atomic mass is 35.5. The zero-order valence-electron chi connectivity index (χ0n) is 16.8. The van der Waals surface area contributed by atoms with Crippen molar-refractivity contribution in [3.63, 3.8) is 0 Å². The van der Waals surface area contributed by atoms with Crippen LogP contribution in [-0.2, 0) is 0 Å².